The summed E-state index contributed by atoms with van der Waals surface area (Å²) in [5.74, 6) is 0.495. The SMILES string of the molecule is COC(=O)C1(C(C)=O)C[C@@H](C[Si](C)(C)C(C)(C)C)[C@H](C)C1. The Morgan fingerprint density at radius 2 is 1.76 bits per heavy atom. The molecule has 4 heteroatoms. The van der Waals surface area contributed by atoms with Gasteiger partial charge in [-0.1, -0.05) is 46.8 Å². The maximum atomic E-state index is 12.2. The topological polar surface area (TPSA) is 43.4 Å². The number of carbonyl (C=O) groups excluding carboxylic acids is 2. The first-order chi connectivity index (χ1) is 9.37. The molecule has 0 amide bonds. The standard InChI is InChI=1S/C17H32O3Si/c1-12-9-17(13(2)18,15(19)20-6)10-14(12)11-21(7,8)16(3,4)5/h12,14H,9-11H2,1-8H3/t12-,14+,17?/m1/s1. The van der Waals surface area contributed by atoms with Crippen LogP contribution < -0.4 is 0 Å². The number of hydrogen-bond donors (Lipinski definition) is 0. The number of carbonyl (C=O) groups is 2. The monoisotopic (exact) mass is 312 g/mol. The summed E-state index contributed by atoms with van der Waals surface area (Å²) in [7, 11) is -0.0297. The summed E-state index contributed by atoms with van der Waals surface area (Å²) >= 11 is 0. The Labute approximate surface area is 130 Å². The largest absolute Gasteiger partial charge is 0.468 e. The number of methoxy groups -OCH3 is 1. The molecule has 1 aliphatic rings. The predicted molar refractivity (Wildman–Crippen MR) is 89.0 cm³/mol. The van der Waals surface area contributed by atoms with Crippen molar-refractivity contribution in [2.24, 2.45) is 17.3 Å². The Bertz CT molecular complexity index is 422. The van der Waals surface area contributed by atoms with E-state index in [2.05, 4.69) is 40.8 Å². The molecule has 0 bridgehead atoms. The lowest BCUT2D eigenvalue weighted by Gasteiger charge is -2.39. The molecule has 122 valence electrons. The van der Waals surface area contributed by atoms with Gasteiger partial charge in [0, 0.05) is 0 Å². The molecule has 1 aliphatic carbocycles. The fourth-order valence-electron chi connectivity index (χ4n) is 3.48. The summed E-state index contributed by atoms with van der Waals surface area (Å²) in [6.45, 7) is 15.5. The molecule has 1 saturated carbocycles. The molecular weight excluding hydrogens is 280 g/mol. The highest BCUT2D eigenvalue weighted by Gasteiger charge is 2.54. The van der Waals surface area contributed by atoms with Gasteiger partial charge in [0.25, 0.3) is 0 Å². The Morgan fingerprint density at radius 1 is 1.24 bits per heavy atom. The van der Waals surface area contributed by atoms with E-state index >= 15 is 0 Å². The van der Waals surface area contributed by atoms with Crippen molar-refractivity contribution in [3.8, 4) is 0 Å². The average Bonchev–Trinajstić information content (AvgIpc) is 2.65. The van der Waals surface area contributed by atoms with Crippen LogP contribution in [0.25, 0.3) is 0 Å². The molecule has 0 aromatic rings. The van der Waals surface area contributed by atoms with Crippen LogP contribution >= 0.6 is 0 Å². The van der Waals surface area contributed by atoms with Gasteiger partial charge in [-0.05, 0) is 36.6 Å². The van der Waals surface area contributed by atoms with E-state index in [0.29, 0.717) is 29.7 Å². The van der Waals surface area contributed by atoms with E-state index in [1.165, 1.54) is 13.2 Å². The molecule has 0 heterocycles. The zero-order valence-electron chi connectivity index (χ0n) is 15.0. The van der Waals surface area contributed by atoms with Gasteiger partial charge >= 0.3 is 5.97 Å². The van der Waals surface area contributed by atoms with Crippen LogP contribution in [0.2, 0.25) is 24.2 Å². The summed E-state index contributed by atoms with van der Waals surface area (Å²) in [4.78, 5) is 24.3. The van der Waals surface area contributed by atoms with Gasteiger partial charge in [0.15, 0.2) is 0 Å². The van der Waals surface area contributed by atoms with Crippen LogP contribution in [-0.2, 0) is 14.3 Å². The van der Waals surface area contributed by atoms with E-state index in [1.807, 2.05) is 0 Å². The van der Waals surface area contributed by atoms with E-state index in [-0.39, 0.29) is 11.8 Å². The van der Waals surface area contributed by atoms with Crippen LogP contribution in [0.1, 0.15) is 47.5 Å². The fourth-order valence-corrected chi connectivity index (χ4v) is 5.95. The molecule has 1 fully saturated rings. The molecule has 0 aliphatic heterocycles. The third-order valence-electron chi connectivity index (χ3n) is 6.14. The zero-order valence-corrected chi connectivity index (χ0v) is 16.0. The number of ketones is 1. The van der Waals surface area contributed by atoms with Crippen molar-refractivity contribution in [1.82, 2.24) is 0 Å². The first-order valence-electron chi connectivity index (χ1n) is 7.97. The van der Waals surface area contributed by atoms with Gasteiger partial charge in [-0.3, -0.25) is 9.59 Å². The van der Waals surface area contributed by atoms with E-state index in [0.717, 1.165) is 0 Å². The first-order valence-corrected chi connectivity index (χ1v) is 11.2. The van der Waals surface area contributed by atoms with Crippen molar-refractivity contribution >= 4 is 19.8 Å². The molecular formula is C17H32O3Si. The lowest BCUT2D eigenvalue weighted by molar-refractivity contribution is -0.157. The maximum Gasteiger partial charge on any atom is 0.319 e. The first kappa shape index (κ1) is 18.4. The van der Waals surface area contributed by atoms with Crippen molar-refractivity contribution in [1.29, 1.82) is 0 Å². The smallest absolute Gasteiger partial charge is 0.319 e. The van der Waals surface area contributed by atoms with Crippen LogP contribution in [0, 0.1) is 17.3 Å². The lowest BCUT2D eigenvalue weighted by Crippen LogP contribution is -2.40. The summed E-state index contributed by atoms with van der Waals surface area (Å²) in [5, 5.41) is 0.333. The van der Waals surface area contributed by atoms with E-state index in [9.17, 15) is 9.59 Å². The second kappa shape index (κ2) is 5.86. The van der Waals surface area contributed by atoms with Gasteiger partial charge in [-0.15, -0.1) is 0 Å². The van der Waals surface area contributed by atoms with Crippen molar-refractivity contribution in [2.75, 3.05) is 7.11 Å². The Balaban J connectivity index is 3.00. The number of hydrogen-bond acceptors (Lipinski definition) is 3. The predicted octanol–water partition coefficient (Wildman–Crippen LogP) is 4.29. The zero-order chi connectivity index (χ0) is 16.6. The fraction of sp³-hybridized carbons (Fsp3) is 0.882. The minimum Gasteiger partial charge on any atom is -0.468 e. The van der Waals surface area contributed by atoms with Gasteiger partial charge in [-0.25, -0.2) is 0 Å². The highest BCUT2D eigenvalue weighted by molar-refractivity contribution is 6.80. The van der Waals surface area contributed by atoms with Crippen LogP contribution in [0.15, 0.2) is 0 Å². The molecule has 0 N–H and O–H groups in total. The Hall–Kier alpha value is -0.643. The lowest BCUT2D eigenvalue weighted by atomic mass is 9.81. The molecule has 0 aromatic heterocycles. The maximum absolute atomic E-state index is 12.2. The molecule has 0 saturated heterocycles. The van der Waals surface area contributed by atoms with E-state index in [1.54, 1.807) is 6.92 Å². The quantitative estimate of drug-likeness (QED) is 0.442. The number of ether oxygens (including phenoxy) is 1. The van der Waals surface area contributed by atoms with E-state index in [4.69, 9.17) is 4.74 Å². The van der Waals surface area contributed by atoms with Crippen LogP contribution in [0.5, 0.6) is 0 Å². The van der Waals surface area contributed by atoms with Crippen LogP contribution in [0.4, 0.5) is 0 Å². The molecule has 21 heavy (non-hydrogen) atoms. The summed E-state index contributed by atoms with van der Waals surface area (Å²) in [5.41, 5.74) is -0.888. The van der Waals surface area contributed by atoms with E-state index < -0.39 is 13.5 Å². The summed E-state index contributed by atoms with van der Waals surface area (Å²) in [6.07, 6.45) is 1.32. The van der Waals surface area contributed by atoms with Gasteiger partial charge in [0.05, 0.1) is 15.2 Å². The van der Waals surface area contributed by atoms with Crippen molar-refractivity contribution in [3.63, 3.8) is 0 Å². The van der Waals surface area contributed by atoms with Crippen LogP contribution in [0.3, 0.4) is 0 Å². The minimum absolute atomic E-state index is 0.0288. The highest BCUT2D eigenvalue weighted by atomic mass is 28.3. The summed E-state index contributed by atoms with van der Waals surface area (Å²) < 4.78 is 4.94. The van der Waals surface area contributed by atoms with Crippen molar-refractivity contribution in [2.45, 2.75) is 71.6 Å². The molecule has 0 radical (unpaired) electrons. The molecule has 3 nitrogen and oxygen atoms in total. The van der Waals surface area contributed by atoms with Crippen molar-refractivity contribution < 1.29 is 14.3 Å². The number of rotatable bonds is 4. The average molecular weight is 313 g/mol. The molecule has 1 unspecified atom stereocenters. The second-order valence-corrected chi connectivity index (χ2v) is 14.3. The third-order valence-corrected chi connectivity index (χ3v) is 11.7. The van der Waals surface area contributed by atoms with Gasteiger partial charge < -0.3 is 4.74 Å². The normalized spacial score (nSPS) is 30.3. The molecule has 0 aromatic carbocycles. The Kier molecular flexibility index (Phi) is 5.14. The highest BCUT2D eigenvalue weighted by Crippen LogP contribution is 2.52. The van der Waals surface area contributed by atoms with Gasteiger partial charge in [-0.2, -0.15) is 0 Å². The Morgan fingerprint density at radius 3 is 2.14 bits per heavy atom. The third kappa shape index (κ3) is 3.41. The summed E-state index contributed by atoms with van der Waals surface area (Å²) in [6, 6.07) is 1.17. The second-order valence-electron chi connectivity index (χ2n) is 8.61. The molecule has 1 rings (SSSR count). The molecule has 3 atom stereocenters. The van der Waals surface area contributed by atoms with Gasteiger partial charge in [0.1, 0.15) is 11.2 Å². The molecule has 0 spiro atoms. The number of esters is 1. The van der Waals surface area contributed by atoms with Crippen LogP contribution in [-0.4, -0.2) is 26.9 Å². The number of Topliss-reactive ketones (excluding diaryl/α,β-unsaturated/α-hetero) is 1. The van der Waals surface area contributed by atoms with Gasteiger partial charge in [0.2, 0.25) is 0 Å². The van der Waals surface area contributed by atoms with Crippen molar-refractivity contribution in [3.05, 3.63) is 0 Å². The minimum atomic E-state index is -1.42.